The van der Waals surface area contributed by atoms with Gasteiger partial charge in [-0.2, -0.15) is 0 Å². The van der Waals surface area contributed by atoms with E-state index in [-0.39, 0.29) is 5.69 Å². The number of hydrogen-bond acceptors (Lipinski definition) is 5. The molecule has 0 aliphatic rings. The molecule has 0 saturated heterocycles. The van der Waals surface area contributed by atoms with Crippen LogP contribution >= 0.6 is 0 Å². The summed E-state index contributed by atoms with van der Waals surface area (Å²) in [6, 6.07) is 10.5. The van der Waals surface area contributed by atoms with Crippen molar-refractivity contribution in [1.82, 2.24) is 0 Å². The number of nitro groups is 1. The summed E-state index contributed by atoms with van der Waals surface area (Å²) in [4.78, 5) is 33.7. The van der Waals surface area contributed by atoms with Crippen LogP contribution in [0, 0.1) is 24.0 Å². The Balaban J connectivity index is 1.89. The number of nitro benzene ring substituents is 1. The average Bonchev–Trinajstić information content (AvgIpc) is 2.55. The summed E-state index contributed by atoms with van der Waals surface area (Å²) < 4.78 is 4.96. The summed E-state index contributed by atoms with van der Waals surface area (Å²) in [5, 5.41) is 13.0. The van der Waals surface area contributed by atoms with Gasteiger partial charge in [-0.3, -0.25) is 14.9 Å². The van der Waals surface area contributed by atoms with Gasteiger partial charge in [0.15, 0.2) is 6.61 Å². The van der Waals surface area contributed by atoms with E-state index in [9.17, 15) is 19.7 Å². The van der Waals surface area contributed by atoms with Gasteiger partial charge in [0.25, 0.3) is 11.6 Å². The molecule has 2 rings (SSSR count). The number of amides is 1. The Morgan fingerprint density at radius 3 is 2.33 bits per heavy atom. The number of rotatable bonds is 5. The van der Waals surface area contributed by atoms with E-state index in [0.29, 0.717) is 11.3 Å². The van der Waals surface area contributed by atoms with Gasteiger partial charge in [0, 0.05) is 17.8 Å². The van der Waals surface area contributed by atoms with E-state index < -0.39 is 23.4 Å². The predicted molar refractivity (Wildman–Crippen MR) is 87.9 cm³/mol. The van der Waals surface area contributed by atoms with Crippen LogP contribution in [0.15, 0.2) is 42.5 Å². The van der Waals surface area contributed by atoms with Crippen LogP contribution in [0.4, 0.5) is 11.4 Å². The van der Waals surface area contributed by atoms with E-state index in [1.807, 2.05) is 19.9 Å². The molecule has 1 N–H and O–H groups in total. The molecule has 0 aliphatic heterocycles. The second-order valence-corrected chi connectivity index (χ2v) is 5.23. The third-order valence-electron chi connectivity index (χ3n) is 3.44. The zero-order chi connectivity index (χ0) is 17.7. The Morgan fingerprint density at radius 2 is 1.75 bits per heavy atom. The molecule has 0 unspecified atom stereocenters. The van der Waals surface area contributed by atoms with Crippen LogP contribution in [-0.4, -0.2) is 23.4 Å². The van der Waals surface area contributed by atoms with Crippen LogP contribution in [0.3, 0.4) is 0 Å². The number of benzene rings is 2. The number of esters is 1. The number of ether oxygens (including phenoxy) is 1. The molecular weight excluding hydrogens is 312 g/mol. The molecule has 0 aliphatic carbocycles. The van der Waals surface area contributed by atoms with Gasteiger partial charge in [-0.05, 0) is 49.2 Å². The van der Waals surface area contributed by atoms with Crippen molar-refractivity contribution in [3.63, 3.8) is 0 Å². The number of nitrogens with zero attached hydrogens (tertiary/aromatic N) is 1. The molecule has 0 bridgehead atoms. The lowest BCUT2D eigenvalue weighted by Gasteiger charge is -2.07. The minimum Gasteiger partial charge on any atom is -0.452 e. The van der Waals surface area contributed by atoms with Crippen LogP contribution in [0.1, 0.15) is 21.5 Å². The maximum atomic E-state index is 11.9. The number of non-ortho nitro benzene ring substituents is 1. The first kappa shape index (κ1) is 17.1. The van der Waals surface area contributed by atoms with Crippen molar-refractivity contribution in [2.75, 3.05) is 11.9 Å². The zero-order valence-corrected chi connectivity index (χ0v) is 13.2. The fourth-order valence-corrected chi connectivity index (χ4v) is 1.95. The summed E-state index contributed by atoms with van der Waals surface area (Å²) in [5.74, 6) is -1.11. The highest BCUT2D eigenvalue weighted by Crippen LogP contribution is 2.15. The standard InChI is InChI=1S/C17H16N2O5/c1-11-3-4-13(9-12(11)2)17(21)24-10-16(20)18-14-5-7-15(8-6-14)19(22)23/h3-9H,10H2,1-2H3,(H,18,20). The average molecular weight is 328 g/mol. The Kier molecular flexibility index (Phi) is 5.26. The molecule has 0 fully saturated rings. The van der Waals surface area contributed by atoms with Gasteiger partial charge in [-0.25, -0.2) is 4.79 Å². The van der Waals surface area contributed by atoms with Crippen molar-refractivity contribution in [3.8, 4) is 0 Å². The Labute approximate surface area is 138 Å². The predicted octanol–water partition coefficient (Wildman–Crippen LogP) is 3.01. The molecule has 2 aromatic rings. The number of carbonyl (C=O) groups is 2. The minimum absolute atomic E-state index is 0.0748. The fourth-order valence-electron chi connectivity index (χ4n) is 1.95. The van der Waals surface area contributed by atoms with Gasteiger partial charge < -0.3 is 10.1 Å². The Morgan fingerprint density at radius 1 is 1.08 bits per heavy atom. The van der Waals surface area contributed by atoms with Crippen molar-refractivity contribution in [3.05, 3.63) is 69.3 Å². The van der Waals surface area contributed by atoms with Gasteiger partial charge in [0.05, 0.1) is 10.5 Å². The lowest BCUT2D eigenvalue weighted by molar-refractivity contribution is -0.384. The summed E-state index contributed by atoms with van der Waals surface area (Å²) in [7, 11) is 0. The molecule has 0 radical (unpaired) electrons. The van der Waals surface area contributed by atoms with Gasteiger partial charge in [0.1, 0.15) is 0 Å². The second kappa shape index (κ2) is 7.36. The quantitative estimate of drug-likeness (QED) is 0.517. The molecule has 0 heterocycles. The smallest absolute Gasteiger partial charge is 0.338 e. The van der Waals surface area contributed by atoms with Gasteiger partial charge in [0.2, 0.25) is 0 Å². The van der Waals surface area contributed by atoms with Crippen LogP contribution in [0.2, 0.25) is 0 Å². The second-order valence-electron chi connectivity index (χ2n) is 5.23. The van der Waals surface area contributed by atoms with E-state index in [0.717, 1.165) is 11.1 Å². The SMILES string of the molecule is Cc1ccc(C(=O)OCC(=O)Nc2ccc([N+](=O)[O-])cc2)cc1C. The lowest BCUT2D eigenvalue weighted by atomic mass is 10.1. The van der Waals surface area contributed by atoms with Crippen LogP contribution < -0.4 is 5.32 Å². The van der Waals surface area contributed by atoms with Gasteiger partial charge in [-0.15, -0.1) is 0 Å². The molecular formula is C17H16N2O5. The lowest BCUT2D eigenvalue weighted by Crippen LogP contribution is -2.21. The Bertz CT molecular complexity index is 784. The first-order valence-corrected chi connectivity index (χ1v) is 7.15. The van der Waals surface area contributed by atoms with Crippen molar-refractivity contribution in [2.24, 2.45) is 0 Å². The summed E-state index contributed by atoms with van der Waals surface area (Å²) in [6.45, 7) is 3.37. The summed E-state index contributed by atoms with van der Waals surface area (Å²) in [5.41, 5.74) is 2.70. The van der Waals surface area contributed by atoms with E-state index in [2.05, 4.69) is 5.32 Å². The molecule has 0 atom stereocenters. The molecule has 0 saturated carbocycles. The molecule has 2 aromatic carbocycles. The number of nitrogens with one attached hydrogen (secondary N) is 1. The normalized spacial score (nSPS) is 10.1. The highest BCUT2D eigenvalue weighted by molar-refractivity contribution is 5.95. The highest BCUT2D eigenvalue weighted by Gasteiger charge is 2.12. The molecule has 124 valence electrons. The summed E-state index contributed by atoms with van der Waals surface area (Å²) >= 11 is 0. The maximum Gasteiger partial charge on any atom is 0.338 e. The first-order valence-electron chi connectivity index (χ1n) is 7.15. The van der Waals surface area contributed by atoms with Crippen molar-refractivity contribution >= 4 is 23.3 Å². The molecule has 1 amide bonds. The van der Waals surface area contributed by atoms with Crippen molar-refractivity contribution in [1.29, 1.82) is 0 Å². The van der Waals surface area contributed by atoms with Crippen LogP contribution in [0.25, 0.3) is 0 Å². The van der Waals surface area contributed by atoms with Crippen LogP contribution in [-0.2, 0) is 9.53 Å². The largest absolute Gasteiger partial charge is 0.452 e. The monoisotopic (exact) mass is 328 g/mol. The van der Waals surface area contributed by atoms with E-state index >= 15 is 0 Å². The number of aryl methyl sites for hydroxylation is 2. The highest BCUT2D eigenvalue weighted by atomic mass is 16.6. The third-order valence-corrected chi connectivity index (χ3v) is 3.44. The minimum atomic E-state index is -0.586. The van der Waals surface area contributed by atoms with Gasteiger partial charge >= 0.3 is 5.97 Å². The molecule has 0 spiro atoms. The maximum absolute atomic E-state index is 11.9. The van der Waals surface area contributed by atoms with Crippen molar-refractivity contribution in [2.45, 2.75) is 13.8 Å². The molecule has 24 heavy (non-hydrogen) atoms. The number of anilines is 1. The Hall–Kier alpha value is -3.22. The zero-order valence-electron chi connectivity index (χ0n) is 13.2. The van der Waals surface area contributed by atoms with E-state index in [1.54, 1.807) is 12.1 Å². The molecule has 7 heteroatoms. The third kappa shape index (κ3) is 4.39. The number of hydrogen-bond donors (Lipinski definition) is 1. The van der Waals surface area contributed by atoms with Crippen LogP contribution in [0.5, 0.6) is 0 Å². The number of carbonyl (C=O) groups excluding carboxylic acids is 2. The van der Waals surface area contributed by atoms with Gasteiger partial charge in [-0.1, -0.05) is 6.07 Å². The van der Waals surface area contributed by atoms with Crippen molar-refractivity contribution < 1.29 is 19.2 Å². The first-order chi connectivity index (χ1) is 11.4. The van der Waals surface area contributed by atoms with E-state index in [1.165, 1.54) is 24.3 Å². The topological polar surface area (TPSA) is 98.5 Å². The molecule has 7 nitrogen and oxygen atoms in total. The molecule has 0 aromatic heterocycles. The fraction of sp³-hybridized carbons (Fsp3) is 0.176. The summed E-state index contributed by atoms with van der Waals surface area (Å²) in [6.07, 6.45) is 0. The van der Waals surface area contributed by atoms with E-state index in [4.69, 9.17) is 4.74 Å².